The van der Waals surface area contributed by atoms with Crippen molar-refractivity contribution in [3.63, 3.8) is 0 Å². The van der Waals surface area contributed by atoms with Crippen LogP contribution in [0.1, 0.15) is 45.6 Å². The van der Waals surface area contributed by atoms with Crippen molar-refractivity contribution in [2.45, 2.75) is 58.2 Å². The summed E-state index contributed by atoms with van der Waals surface area (Å²) in [5, 5.41) is 16.9. The summed E-state index contributed by atoms with van der Waals surface area (Å²) in [6, 6.07) is 4.01. The van der Waals surface area contributed by atoms with Gasteiger partial charge in [-0.05, 0) is 44.4 Å². The van der Waals surface area contributed by atoms with Crippen molar-refractivity contribution in [3.05, 3.63) is 33.8 Å². The number of benzene rings is 1. The van der Waals surface area contributed by atoms with E-state index in [-0.39, 0.29) is 43.1 Å². The van der Waals surface area contributed by atoms with Crippen LogP contribution in [0.2, 0.25) is 10.0 Å². The van der Waals surface area contributed by atoms with Crippen molar-refractivity contribution in [2.24, 2.45) is 5.92 Å². The van der Waals surface area contributed by atoms with Gasteiger partial charge in [0.1, 0.15) is 6.04 Å². The molecule has 0 aromatic heterocycles. The van der Waals surface area contributed by atoms with E-state index in [9.17, 15) is 19.5 Å². The Morgan fingerprint density at radius 3 is 2.60 bits per heavy atom. The van der Waals surface area contributed by atoms with E-state index in [2.05, 4.69) is 10.6 Å². The third-order valence-electron chi connectivity index (χ3n) is 5.15. The van der Waals surface area contributed by atoms with Gasteiger partial charge in [0, 0.05) is 36.1 Å². The van der Waals surface area contributed by atoms with E-state index >= 15 is 0 Å². The summed E-state index contributed by atoms with van der Waals surface area (Å²) in [7, 11) is 0. The number of hydrogen-bond acceptors (Lipinski definition) is 4. The van der Waals surface area contributed by atoms with Crippen LogP contribution in [-0.4, -0.2) is 52.5 Å². The van der Waals surface area contributed by atoms with Crippen LogP contribution < -0.4 is 10.6 Å². The average molecular weight is 458 g/mol. The first-order chi connectivity index (χ1) is 14.0. The van der Waals surface area contributed by atoms with Crippen molar-refractivity contribution in [1.82, 2.24) is 15.5 Å². The van der Waals surface area contributed by atoms with Crippen LogP contribution in [0.4, 0.5) is 0 Å². The normalized spacial score (nSPS) is 17.9. The maximum Gasteiger partial charge on any atom is 0.248 e. The van der Waals surface area contributed by atoms with Crippen LogP contribution in [-0.2, 0) is 20.9 Å². The fraction of sp³-hybridized carbons (Fsp3) is 0.571. The number of amides is 3. The predicted molar refractivity (Wildman–Crippen MR) is 116 cm³/mol. The molecule has 2 unspecified atom stereocenters. The van der Waals surface area contributed by atoms with E-state index in [1.807, 2.05) is 0 Å². The molecule has 30 heavy (non-hydrogen) atoms. The molecule has 9 heteroatoms. The smallest absolute Gasteiger partial charge is 0.248 e. The summed E-state index contributed by atoms with van der Waals surface area (Å²) in [5.74, 6) is -1.25. The van der Waals surface area contributed by atoms with Gasteiger partial charge in [0.15, 0.2) is 0 Å². The van der Waals surface area contributed by atoms with E-state index in [1.165, 1.54) is 13.8 Å². The Bertz CT molecular complexity index is 795. The summed E-state index contributed by atoms with van der Waals surface area (Å²) in [5.41, 5.74) is -0.676. The van der Waals surface area contributed by atoms with Crippen LogP contribution in [0.5, 0.6) is 0 Å². The summed E-state index contributed by atoms with van der Waals surface area (Å²) in [6.45, 7) is 5.60. The molecule has 0 bridgehead atoms. The molecule has 166 valence electrons. The second-order valence-electron chi connectivity index (χ2n) is 8.08. The quantitative estimate of drug-likeness (QED) is 0.585. The third kappa shape index (κ3) is 6.59. The van der Waals surface area contributed by atoms with E-state index in [0.717, 1.165) is 5.56 Å². The maximum absolute atomic E-state index is 13.0. The van der Waals surface area contributed by atoms with Gasteiger partial charge in [-0.15, -0.1) is 0 Å². The zero-order valence-corrected chi connectivity index (χ0v) is 19.0. The Balaban J connectivity index is 2.01. The lowest BCUT2D eigenvalue weighted by molar-refractivity contribution is -0.145. The first-order valence-corrected chi connectivity index (χ1v) is 10.8. The van der Waals surface area contributed by atoms with Crippen LogP contribution in [0, 0.1) is 5.92 Å². The highest BCUT2D eigenvalue weighted by molar-refractivity contribution is 6.35. The standard InChI is InChI=1S/C21H29Cl2N3O4/c1-4-17(27)25-18(21(2,3)30)20(29)26-9-5-6-14(12-26)19(28)24-11-13-7-8-15(22)10-16(13)23/h7-8,10,14,18,30H,4-6,9,11-12H2,1-3H3,(H,24,28)(H,25,27). The van der Waals surface area contributed by atoms with E-state index in [0.29, 0.717) is 29.4 Å². The van der Waals surface area contributed by atoms with E-state index in [4.69, 9.17) is 23.2 Å². The molecular weight excluding hydrogens is 429 g/mol. The second kappa shape index (κ2) is 10.5. The zero-order valence-electron chi connectivity index (χ0n) is 17.5. The largest absolute Gasteiger partial charge is 0.388 e. The molecule has 1 fully saturated rings. The van der Waals surface area contributed by atoms with Crippen molar-refractivity contribution in [2.75, 3.05) is 13.1 Å². The molecule has 0 spiro atoms. The zero-order chi connectivity index (χ0) is 22.5. The number of halogens is 2. The highest BCUT2D eigenvalue weighted by Crippen LogP contribution is 2.23. The molecule has 7 nitrogen and oxygen atoms in total. The van der Waals surface area contributed by atoms with Crippen molar-refractivity contribution < 1.29 is 19.5 Å². The molecule has 0 aliphatic carbocycles. The van der Waals surface area contributed by atoms with Crippen LogP contribution in [0.3, 0.4) is 0 Å². The highest BCUT2D eigenvalue weighted by Gasteiger charge is 2.39. The van der Waals surface area contributed by atoms with Gasteiger partial charge < -0.3 is 20.6 Å². The van der Waals surface area contributed by atoms with Crippen LogP contribution in [0.25, 0.3) is 0 Å². The Morgan fingerprint density at radius 2 is 2.00 bits per heavy atom. The molecule has 2 rings (SSSR count). The minimum Gasteiger partial charge on any atom is -0.388 e. The molecule has 3 amide bonds. The predicted octanol–water partition coefficient (Wildman–Crippen LogP) is 2.51. The lowest BCUT2D eigenvalue weighted by atomic mass is 9.93. The number of likely N-dealkylation sites (tertiary alicyclic amines) is 1. The van der Waals surface area contributed by atoms with E-state index < -0.39 is 11.6 Å². The number of nitrogens with one attached hydrogen (secondary N) is 2. The number of carbonyl (C=O) groups excluding carboxylic acids is 3. The lowest BCUT2D eigenvalue weighted by Gasteiger charge is -2.37. The first-order valence-electron chi connectivity index (χ1n) is 10.0. The first kappa shape index (κ1) is 24.4. The molecule has 3 N–H and O–H groups in total. The minimum atomic E-state index is -1.43. The highest BCUT2D eigenvalue weighted by atomic mass is 35.5. The number of nitrogens with zero attached hydrogens (tertiary/aromatic N) is 1. The number of hydrogen-bond donors (Lipinski definition) is 3. The molecule has 1 aliphatic heterocycles. The number of aliphatic hydroxyl groups is 1. The minimum absolute atomic E-state index is 0.170. The van der Waals surface area contributed by atoms with Gasteiger partial charge in [0.25, 0.3) is 0 Å². The monoisotopic (exact) mass is 457 g/mol. The molecule has 1 aromatic rings. The van der Waals surface area contributed by atoms with Gasteiger partial charge in [-0.2, -0.15) is 0 Å². The molecule has 1 aliphatic rings. The van der Waals surface area contributed by atoms with Gasteiger partial charge in [0.2, 0.25) is 17.7 Å². The summed E-state index contributed by atoms with van der Waals surface area (Å²) in [4.78, 5) is 39.0. The molecule has 1 heterocycles. The summed E-state index contributed by atoms with van der Waals surface area (Å²) < 4.78 is 0. The van der Waals surface area contributed by atoms with Gasteiger partial charge in [-0.1, -0.05) is 36.2 Å². The van der Waals surface area contributed by atoms with Crippen molar-refractivity contribution in [3.8, 4) is 0 Å². The number of carbonyl (C=O) groups is 3. The van der Waals surface area contributed by atoms with Gasteiger partial charge >= 0.3 is 0 Å². The molecule has 2 atom stereocenters. The second-order valence-corrected chi connectivity index (χ2v) is 8.93. The molecular formula is C21H29Cl2N3O4. The SMILES string of the molecule is CCC(=O)NC(C(=O)N1CCCC(C(=O)NCc2ccc(Cl)cc2Cl)C1)C(C)(C)O. The Kier molecular flexibility index (Phi) is 8.52. The van der Waals surface area contributed by atoms with Crippen molar-refractivity contribution in [1.29, 1.82) is 0 Å². The van der Waals surface area contributed by atoms with Crippen LogP contribution >= 0.6 is 23.2 Å². The Hall–Kier alpha value is -1.83. The fourth-order valence-electron chi connectivity index (χ4n) is 3.37. The summed E-state index contributed by atoms with van der Waals surface area (Å²) >= 11 is 12.0. The van der Waals surface area contributed by atoms with E-state index in [1.54, 1.807) is 30.0 Å². The lowest BCUT2D eigenvalue weighted by Crippen LogP contribution is -2.60. The van der Waals surface area contributed by atoms with Gasteiger partial charge in [-0.3, -0.25) is 14.4 Å². The Morgan fingerprint density at radius 1 is 1.30 bits per heavy atom. The van der Waals surface area contributed by atoms with Crippen LogP contribution in [0.15, 0.2) is 18.2 Å². The fourth-order valence-corrected chi connectivity index (χ4v) is 3.84. The number of piperidine rings is 1. The molecule has 0 radical (unpaired) electrons. The molecule has 1 aromatic carbocycles. The molecule has 0 saturated carbocycles. The van der Waals surface area contributed by atoms with Gasteiger partial charge in [-0.25, -0.2) is 0 Å². The van der Waals surface area contributed by atoms with Gasteiger partial charge in [0.05, 0.1) is 11.5 Å². The molecule has 1 saturated heterocycles. The summed E-state index contributed by atoms with van der Waals surface area (Å²) in [6.07, 6.45) is 1.52. The maximum atomic E-state index is 13.0. The number of rotatable bonds is 7. The topological polar surface area (TPSA) is 98.7 Å². The van der Waals surface area contributed by atoms with Crippen molar-refractivity contribution >= 4 is 40.9 Å². The average Bonchev–Trinajstić information content (AvgIpc) is 2.69. The third-order valence-corrected chi connectivity index (χ3v) is 5.74. The Labute approximate surface area is 187 Å².